The Hall–Kier alpha value is -1.98. The topological polar surface area (TPSA) is 43.4 Å². The molecule has 1 aliphatic rings. The number of rotatable bonds is 5. The summed E-state index contributed by atoms with van der Waals surface area (Å²) in [6.45, 7) is 1.32. The molecule has 0 bridgehead atoms. The number of hydrogen-bond donors (Lipinski definition) is 1. The number of methoxy groups -OCH3 is 1. The van der Waals surface area contributed by atoms with Gasteiger partial charge in [0.2, 0.25) is 0 Å². The summed E-state index contributed by atoms with van der Waals surface area (Å²) < 4.78 is 24.4. The van der Waals surface area contributed by atoms with Gasteiger partial charge in [0.15, 0.2) is 5.75 Å². The zero-order valence-electron chi connectivity index (χ0n) is 12.7. The first-order chi connectivity index (χ1) is 10.7. The molecule has 1 unspecified atom stereocenters. The fraction of sp³-hybridized carbons (Fsp3) is 0.353. The van der Waals surface area contributed by atoms with E-state index in [9.17, 15) is 4.39 Å². The highest BCUT2D eigenvalue weighted by atomic mass is 19.1. The predicted molar refractivity (Wildman–Crippen MR) is 82.5 cm³/mol. The maximum atomic E-state index is 13.2. The third-order valence-corrected chi connectivity index (χ3v) is 3.81. The van der Waals surface area contributed by atoms with E-state index in [1.165, 1.54) is 12.1 Å². The molecule has 0 spiro atoms. The fourth-order valence-corrected chi connectivity index (χ4v) is 2.63. The summed E-state index contributed by atoms with van der Waals surface area (Å²) in [5, 5.41) is 3.12. The number of ether oxygens (including phenoxy) is 2. The molecule has 1 N–H and O–H groups in total. The SMILES string of the molecule is CNCCc1cc2c(c(-c3ccc(F)cc3)n1)OCC2OC. The van der Waals surface area contributed by atoms with E-state index in [0.717, 1.165) is 41.2 Å². The van der Waals surface area contributed by atoms with Gasteiger partial charge in [-0.15, -0.1) is 0 Å². The quantitative estimate of drug-likeness (QED) is 0.922. The number of nitrogens with one attached hydrogen (secondary N) is 1. The first kappa shape index (κ1) is 14.9. The second kappa shape index (κ2) is 6.42. The Labute approximate surface area is 129 Å². The smallest absolute Gasteiger partial charge is 0.151 e. The Bertz CT molecular complexity index is 658. The molecule has 2 aromatic rings. The van der Waals surface area contributed by atoms with Crippen molar-refractivity contribution in [3.05, 3.63) is 47.4 Å². The minimum atomic E-state index is -0.262. The van der Waals surface area contributed by atoms with E-state index in [1.54, 1.807) is 19.2 Å². The van der Waals surface area contributed by atoms with Crippen LogP contribution in [0.2, 0.25) is 0 Å². The molecule has 5 heteroatoms. The van der Waals surface area contributed by atoms with Gasteiger partial charge < -0.3 is 14.8 Å². The van der Waals surface area contributed by atoms with Gasteiger partial charge in [-0.25, -0.2) is 9.37 Å². The molecular formula is C17H19FN2O2. The summed E-state index contributed by atoms with van der Waals surface area (Å²) in [6, 6.07) is 8.37. The number of benzene rings is 1. The third kappa shape index (κ3) is 2.82. The van der Waals surface area contributed by atoms with E-state index >= 15 is 0 Å². The highest BCUT2D eigenvalue weighted by Gasteiger charge is 2.28. The zero-order valence-corrected chi connectivity index (χ0v) is 12.7. The highest BCUT2D eigenvalue weighted by molar-refractivity contribution is 5.69. The standard InChI is InChI=1S/C17H19FN2O2/c1-19-8-7-13-9-14-15(21-2)10-22-17(14)16(20-13)11-3-5-12(18)6-4-11/h3-6,9,15,19H,7-8,10H2,1-2H3. The Morgan fingerprint density at radius 3 is 2.82 bits per heavy atom. The van der Waals surface area contributed by atoms with Crippen molar-refractivity contribution >= 4 is 0 Å². The largest absolute Gasteiger partial charge is 0.488 e. The molecule has 0 fully saturated rings. The number of pyridine rings is 1. The molecule has 1 aromatic carbocycles. The molecule has 1 aromatic heterocycles. The van der Waals surface area contributed by atoms with E-state index in [0.29, 0.717) is 6.61 Å². The monoisotopic (exact) mass is 302 g/mol. The van der Waals surface area contributed by atoms with Crippen LogP contribution >= 0.6 is 0 Å². The first-order valence-corrected chi connectivity index (χ1v) is 7.33. The van der Waals surface area contributed by atoms with Crippen LogP contribution in [0.4, 0.5) is 4.39 Å². The van der Waals surface area contributed by atoms with Crippen molar-refractivity contribution in [1.82, 2.24) is 10.3 Å². The van der Waals surface area contributed by atoms with Crippen LogP contribution in [0.1, 0.15) is 17.4 Å². The molecule has 0 radical (unpaired) electrons. The van der Waals surface area contributed by atoms with Crippen LogP contribution in [-0.4, -0.2) is 32.3 Å². The van der Waals surface area contributed by atoms with Crippen LogP contribution in [-0.2, 0) is 11.2 Å². The Balaban J connectivity index is 2.07. The van der Waals surface area contributed by atoms with Gasteiger partial charge in [-0.3, -0.25) is 0 Å². The lowest BCUT2D eigenvalue weighted by Gasteiger charge is -2.12. The van der Waals surface area contributed by atoms with Crippen LogP contribution in [0.3, 0.4) is 0 Å². The molecule has 116 valence electrons. The first-order valence-electron chi connectivity index (χ1n) is 7.33. The second-order valence-electron chi connectivity index (χ2n) is 5.28. The van der Waals surface area contributed by atoms with E-state index in [2.05, 4.69) is 5.32 Å². The van der Waals surface area contributed by atoms with Crippen molar-refractivity contribution in [3.8, 4) is 17.0 Å². The van der Waals surface area contributed by atoms with Crippen molar-refractivity contribution in [2.45, 2.75) is 12.5 Å². The van der Waals surface area contributed by atoms with Crippen molar-refractivity contribution in [3.63, 3.8) is 0 Å². The van der Waals surface area contributed by atoms with E-state index in [-0.39, 0.29) is 11.9 Å². The van der Waals surface area contributed by atoms with Crippen LogP contribution in [0, 0.1) is 5.82 Å². The minimum absolute atomic E-state index is 0.0782. The van der Waals surface area contributed by atoms with E-state index < -0.39 is 0 Å². The van der Waals surface area contributed by atoms with Gasteiger partial charge in [0.25, 0.3) is 0 Å². The lowest BCUT2D eigenvalue weighted by atomic mass is 10.0. The molecule has 0 saturated heterocycles. The molecule has 0 amide bonds. The van der Waals surface area contributed by atoms with Crippen LogP contribution < -0.4 is 10.1 Å². The van der Waals surface area contributed by atoms with Gasteiger partial charge in [-0.1, -0.05) is 0 Å². The van der Waals surface area contributed by atoms with Gasteiger partial charge in [0, 0.05) is 36.9 Å². The Morgan fingerprint density at radius 2 is 2.14 bits per heavy atom. The summed E-state index contributed by atoms with van der Waals surface area (Å²) >= 11 is 0. The Morgan fingerprint density at radius 1 is 1.36 bits per heavy atom. The molecule has 1 aliphatic heterocycles. The predicted octanol–water partition coefficient (Wildman–Crippen LogP) is 2.73. The summed E-state index contributed by atoms with van der Waals surface area (Å²) in [4.78, 5) is 4.71. The second-order valence-corrected chi connectivity index (χ2v) is 5.28. The van der Waals surface area contributed by atoms with Gasteiger partial charge in [0.1, 0.15) is 24.2 Å². The number of hydrogen-bond acceptors (Lipinski definition) is 4. The summed E-state index contributed by atoms with van der Waals surface area (Å²) in [7, 11) is 3.59. The van der Waals surface area contributed by atoms with Gasteiger partial charge in [0.05, 0.1) is 0 Å². The molecule has 1 atom stereocenters. The normalized spacial score (nSPS) is 16.4. The fourth-order valence-electron chi connectivity index (χ4n) is 2.63. The number of likely N-dealkylation sites (N-methyl/N-ethyl adjacent to an activating group) is 1. The maximum Gasteiger partial charge on any atom is 0.151 e. The van der Waals surface area contributed by atoms with Crippen LogP contribution in [0.15, 0.2) is 30.3 Å². The van der Waals surface area contributed by atoms with Crippen molar-refractivity contribution < 1.29 is 13.9 Å². The van der Waals surface area contributed by atoms with Gasteiger partial charge in [-0.2, -0.15) is 0 Å². The van der Waals surface area contributed by atoms with Gasteiger partial charge >= 0.3 is 0 Å². The number of aromatic nitrogens is 1. The molecular weight excluding hydrogens is 283 g/mol. The molecule has 3 rings (SSSR count). The number of fused-ring (bicyclic) bond motifs is 1. The average molecular weight is 302 g/mol. The van der Waals surface area contributed by atoms with Gasteiger partial charge in [-0.05, 0) is 37.4 Å². The molecule has 2 heterocycles. The summed E-state index contributed by atoms with van der Waals surface area (Å²) in [5.41, 5.74) is 3.59. The van der Waals surface area contributed by atoms with Crippen molar-refractivity contribution in [1.29, 1.82) is 0 Å². The zero-order chi connectivity index (χ0) is 15.5. The summed E-state index contributed by atoms with van der Waals surface area (Å²) in [6.07, 6.45) is 0.736. The third-order valence-electron chi connectivity index (χ3n) is 3.81. The lowest BCUT2D eigenvalue weighted by molar-refractivity contribution is 0.0817. The Kier molecular flexibility index (Phi) is 4.36. The minimum Gasteiger partial charge on any atom is -0.488 e. The highest BCUT2D eigenvalue weighted by Crippen LogP contribution is 2.41. The van der Waals surface area contributed by atoms with Crippen molar-refractivity contribution in [2.75, 3.05) is 27.3 Å². The number of nitrogens with zero attached hydrogens (tertiary/aromatic N) is 1. The van der Waals surface area contributed by atoms with Crippen LogP contribution in [0.5, 0.6) is 5.75 Å². The molecule has 0 saturated carbocycles. The lowest BCUT2D eigenvalue weighted by Crippen LogP contribution is -2.12. The maximum absolute atomic E-state index is 13.2. The number of halogens is 1. The van der Waals surface area contributed by atoms with E-state index in [4.69, 9.17) is 14.5 Å². The van der Waals surface area contributed by atoms with E-state index in [1.807, 2.05) is 13.1 Å². The van der Waals surface area contributed by atoms with Crippen molar-refractivity contribution in [2.24, 2.45) is 0 Å². The van der Waals surface area contributed by atoms with Crippen LogP contribution in [0.25, 0.3) is 11.3 Å². The summed E-state index contributed by atoms with van der Waals surface area (Å²) in [5.74, 6) is 0.481. The molecule has 0 aliphatic carbocycles. The molecule has 4 nitrogen and oxygen atoms in total. The average Bonchev–Trinajstić information content (AvgIpc) is 2.96. The molecule has 22 heavy (non-hydrogen) atoms.